The molecule has 0 aliphatic carbocycles. The van der Waals surface area contributed by atoms with E-state index in [9.17, 15) is 0 Å². The molecule has 114 valence electrons. The fraction of sp³-hybridized carbons (Fsp3) is 0.438. The Morgan fingerprint density at radius 3 is 2.62 bits per heavy atom. The molecule has 0 amide bonds. The van der Waals surface area contributed by atoms with E-state index in [0.29, 0.717) is 0 Å². The zero-order chi connectivity index (χ0) is 15.4. The summed E-state index contributed by atoms with van der Waals surface area (Å²) in [5, 5.41) is 8.06. The third kappa shape index (κ3) is 3.96. The molecule has 0 radical (unpaired) electrons. The summed E-state index contributed by atoms with van der Waals surface area (Å²) in [6, 6.07) is 8.77. The predicted molar refractivity (Wildman–Crippen MR) is 94.6 cm³/mol. The summed E-state index contributed by atoms with van der Waals surface area (Å²) in [6.07, 6.45) is 1.90. The van der Waals surface area contributed by atoms with Gasteiger partial charge in [-0.15, -0.1) is 0 Å². The van der Waals surface area contributed by atoms with Crippen molar-refractivity contribution < 1.29 is 0 Å². The van der Waals surface area contributed by atoms with Gasteiger partial charge in [0, 0.05) is 33.6 Å². The maximum Gasteiger partial charge on any atom is 0.0624 e. The molecule has 1 N–H and O–H groups in total. The van der Waals surface area contributed by atoms with Gasteiger partial charge in [-0.1, -0.05) is 38.8 Å². The standard InChI is InChI=1S/C16H21Br2N3/c1-4-12-9-13(21(5-2)20-12)10-16(19-3)14-8-11(17)6-7-15(14)18/h6-9,16,19H,4-5,10H2,1-3H3. The molecule has 1 atom stereocenters. The number of hydrogen-bond donors (Lipinski definition) is 1. The highest BCUT2D eigenvalue weighted by Crippen LogP contribution is 2.29. The molecular weight excluding hydrogens is 394 g/mol. The monoisotopic (exact) mass is 413 g/mol. The molecule has 0 spiro atoms. The first-order valence-corrected chi connectivity index (χ1v) is 8.85. The van der Waals surface area contributed by atoms with E-state index in [1.54, 1.807) is 0 Å². The van der Waals surface area contributed by atoms with Gasteiger partial charge in [-0.3, -0.25) is 4.68 Å². The van der Waals surface area contributed by atoms with Crippen molar-refractivity contribution in [2.24, 2.45) is 0 Å². The van der Waals surface area contributed by atoms with E-state index in [-0.39, 0.29) is 6.04 Å². The number of nitrogens with one attached hydrogen (secondary N) is 1. The zero-order valence-electron chi connectivity index (χ0n) is 12.7. The molecule has 0 bridgehead atoms. The van der Waals surface area contributed by atoms with Crippen LogP contribution in [-0.2, 0) is 19.4 Å². The number of benzene rings is 1. The maximum atomic E-state index is 4.64. The molecule has 0 fully saturated rings. The van der Waals surface area contributed by atoms with E-state index < -0.39 is 0 Å². The highest BCUT2D eigenvalue weighted by atomic mass is 79.9. The topological polar surface area (TPSA) is 29.9 Å². The molecule has 0 aliphatic heterocycles. The number of halogens is 2. The predicted octanol–water partition coefficient (Wildman–Crippen LogP) is 4.49. The average molecular weight is 415 g/mol. The number of aryl methyl sites for hydroxylation is 2. The first-order valence-electron chi connectivity index (χ1n) is 7.26. The number of nitrogens with zero attached hydrogens (tertiary/aromatic N) is 2. The van der Waals surface area contributed by atoms with Gasteiger partial charge in [-0.05, 0) is 50.2 Å². The zero-order valence-corrected chi connectivity index (χ0v) is 15.8. The van der Waals surface area contributed by atoms with Crippen LogP contribution in [0.2, 0.25) is 0 Å². The SMILES string of the molecule is CCc1cc(CC(NC)c2cc(Br)ccc2Br)n(CC)n1. The first kappa shape index (κ1) is 16.7. The fourth-order valence-corrected chi connectivity index (χ4v) is 3.39. The van der Waals surface area contributed by atoms with E-state index in [0.717, 1.165) is 34.0 Å². The van der Waals surface area contributed by atoms with Crippen LogP contribution < -0.4 is 5.32 Å². The van der Waals surface area contributed by atoms with Gasteiger partial charge >= 0.3 is 0 Å². The number of hydrogen-bond acceptors (Lipinski definition) is 2. The highest BCUT2D eigenvalue weighted by Gasteiger charge is 2.17. The molecule has 0 saturated heterocycles. The van der Waals surface area contributed by atoms with Gasteiger partial charge in [0.1, 0.15) is 0 Å². The van der Waals surface area contributed by atoms with Gasteiger partial charge in [-0.2, -0.15) is 5.10 Å². The van der Waals surface area contributed by atoms with Gasteiger partial charge in [0.05, 0.1) is 5.69 Å². The molecular formula is C16H21Br2N3. The van der Waals surface area contributed by atoms with Crippen molar-refractivity contribution in [3.05, 3.63) is 50.2 Å². The highest BCUT2D eigenvalue weighted by molar-refractivity contribution is 9.11. The van der Waals surface area contributed by atoms with E-state index in [4.69, 9.17) is 0 Å². The van der Waals surface area contributed by atoms with E-state index in [1.807, 2.05) is 13.1 Å². The van der Waals surface area contributed by atoms with Crippen LogP contribution in [0.25, 0.3) is 0 Å². The summed E-state index contributed by atoms with van der Waals surface area (Å²) in [7, 11) is 2.01. The minimum absolute atomic E-state index is 0.253. The van der Waals surface area contributed by atoms with Crippen LogP contribution in [0.15, 0.2) is 33.2 Å². The van der Waals surface area contributed by atoms with E-state index >= 15 is 0 Å². The van der Waals surface area contributed by atoms with Crippen LogP contribution in [-0.4, -0.2) is 16.8 Å². The number of likely N-dealkylation sites (N-methyl/N-ethyl adjacent to an activating group) is 1. The summed E-state index contributed by atoms with van der Waals surface area (Å²) in [5.41, 5.74) is 3.70. The molecule has 2 rings (SSSR count). The Balaban J connectivity index is 2.30. The molecule has 2 aromatic rings. The van der Waals surface area contributed by atoms with Gasteiger partial charge < -0.3 is 5.32 Å². The minimum atomic E-state index is 0.253. The average Bonchev–Trinajstić information content (AvgIpc) is 2.89. The van der Waals surface area contributed by atoms with Crippen LogP contribution in [0.3, 0.4) is 0 Å². The molecule has 3 nitrogen and oxygen atoms in total. The van der Waals surface area contributed by atoms with Crippen LogP contribution in [0.4, 0.5) is 0 Å². The van der Waals surface area contributed by atoms with Gasteiger partial charge in [0.15, 0.2) is 0 Å². The van der Waals surface area contributed by atoms with Gasteiger partial charge in [0.25, 0.3) is 0 Å². The summed E-state index contributed by atoms with van der Waals surface area (Å²) in [4.78, 5) is 0. The summed E-state index contributed by atoms with van der Waals surface area (Å²) < 4.78 is 4.33. The lowest BCUT2D eigenvalue weighted by atomic mass is 10.0. The molecule has 1 aromatic heterocycles. The minimum Gasteiger partial charge on any atom is -0.313 e. The third-order valence-corrected chi connectivity index (χ3v) is 4.89. The Morgan fingerprint density at radius 2 is 2.00 bits per heavy atom. The molecule has 1 aromatic carbocycles. The smallest absolute Gasteiger partial charge is 0.0624 e. The lowest BCUT2D eigenvalue weighted by Gasteiger charge is -2.19. The van der Waals surface area contributed by atoms with Crippen molar-refractivity contribution in [1.29, 1.82) is 0 Å². The lowest BCUT2D eigenvalue weighted by Crippen LogP contribution is -2.21. The molecule has 5 heteroatoms. The Kier molecular flexibility index (Phi) is 6.02. The Bertz CT molecular complexity index is 608. The first-order chi connectivity index (χ1) is 10.1. The van der Waals surface area contributed by atoms with Crippen LogP contribution in [0.5, 0.6) is 0 Å². The van der Waals surface area contributed by atoms with Crippen molar-refractivity contribution in [3.63, 3.8) is 0 Å². The second kappa shape index (κ2) is 7.56. The quantitative estimate of drug-likeness (QED) is 0.754. The van der Waals surface area contributed by atoms with Crippen molar-refractivity contribution in [2.75, 3.05) is 7.05 Å². The van der Waals surface area contributed by atoms with E-state index in [1.165, 1.54) is 11.3 Å². The lowest BCUT2D eigenvalue weighted by molar-refractivity contribution is 0.539. The third-order valence-electron chi connectivity index (χ3n) is 3.67. The van der Waals surface area contributed by atoms with Gasteiger partial charge in [-0.25, -0.2) is 0 Å². The second-order valence-corrected chi connectivity index (χ2v) is 6.78. The van der Waals surface area contributed by atoms with Crippen molar-refractivity contribution in [1.82, 2.24) is 15.1 Å². The van der Waals surface area contributed by atoms with Crippen LogP contribution in [0.1, 0.15) is 36.8 Å². The van der Waals surface area contributed by atoms with Gasteiger partial charge in [0.2, 0.25) is 0 Å². The molecule has 0 saturated carbocycles. The number of aromatic nitrogens is 2. The van der Waals surface area contributed by atoms with Crippen molar-refractivity contribution in [2.45, 2.75) is 39.3 Å². The molecule has 1 heterocycles. The largest absolute Gasteiger partial charge is 0.313 e. The number of rotatable bonds is 6. The second-order valence-electron chi connectivity index (χ2n) is 5.01. The van der Waals surface area contributed by atoms with Crippen molar-refractivity contribution in [3.8, 4) is 0 Å². The van der Waals surface area contributed by atoms with Crippen molar-refractivity contribution >= 4 is 31.9 Å². The summed E-state index contributed by atoms with van der Waals surface area (Å²) >= 11 is 7.21. The molecule has 1 unspecified atom stereocenters. The Hall–Kier alpha value is -0.650. The Morgan fingerprint density at radius 1 is 1.24 bits per heavy atom. The molecule has 0 aliphatic rings. The fourth-order valence-electron chi connectivity index (χ4n) is 2.48. The maximum absolute atomic E-state index is 4.64. The molecule has 21 heavy (non-hydrogen) atoms. The summed E-state index contributed by atoms with van der Waals surface area (Å²) in [5.74, 6) is 0. The van der Waals surface area contributed by atoms with Crippen LogP contribution >= 0.6 is 31.9 Å². The van der Waals surface area contributed by atoms with Crippen LogP contribution in [0, 0.1) is 0 Å². The van der Waals surface area contributed by atoms with E-state index in [2.05, 4.69) is 79.0 Å². The Labute approximate surface area is 143 Å². The normalized spacial score (nSPS) is 12.6. The summed E-state index contributed by atoms with van der Waals surface area (Å²) in [6.45, 7) is 5.19.